The van der Waals surface area contributed by atoms with Gasteiger partial charge in [0.2, 0.25) is 0 Å². The van der Waals surface area contributed by atoms with Crippen molar-refractivity contribution in [2.45, 2.75) is 0 Å². The van der Waals surface area contributed by atoms with Crippen molar-refractivity contribution in [3.63, 3.8) is 0 Å². The lowest BCUT2D eigenvalue weighted by Crippen LogP contribution is -2.19. The first-order valence-corrected chi connectivity index (χ1v) is 3.51. The van der Waals surface area contributed by atoms with Crippen molar-refractivity contribution in [1.82, 2.24) is 4.90 Å². The van der Waals surface area contributed by atoms with E-state index in [1.807, 2.05) is 19.0 Å². The van der Waals surface area contributed by atoms with Gasteiger partial charge in [0.05, 0.1) is 7.11 Å². The van der Waals surface area contributed by atoms with E-state index in [4.69, 9.17) is 9.84 Å². The largest absolute Gasteiger partial charge is 0.461 e. The highest BCUT2D eigenvalue weighted by molar-refractivity contribution is 5.81. The molecule has 12 heavy (non-hydrogen) atoms. The van der Waals surface area contributed by atoms with Gasteiger partial charge in [-0.2, -0.15) is 0 Å². The van der Waals surface area contributed by atoms with Crippen LogP contribution in [0.1, 0.15) is 0 Å². The molecule has 71 valence electrons. The van der Waals surface area contributed by atoms with Crippen molar-refractivity contribution >= 4 is 5.97 Å². The summed E-state index contributed by atoms with van der Waals surface area (Å²) < 4.78 is 4.70. The van der Waals surface area contributed by atoms with E-state index in [9.17, 15) is 4.79 Å². The van der Waals surface area contributed by atoms with Crippen LogP contribution in [0.4, 0.5) is 0 Å². The average Bonchev–Trinajstić information content (AvgIpc) is 2.07. The Labute approximate surface area is 73.4 Å². The Kier molecular flexibility index (Phi) is 11.6. The van der Waals surface area contributed by atoms with E-state index in [2.05, 4.69) is 6.58 Å². The topological polar surface area (TPSA) is 49.4 Å². The Morgan fingerprint density at radius 3 is 2.33 bits per heavy atom. The molecule has 0 saturated heterocycles. The first kappa shape index (κ1) is 13.7. The molecule has 0 saturated carbocycles. The second-order valence-electron chi connectivity index (χ2n) is 2.17. The standard InChI is InChI=1S/C7H13NO2.CH3O/c1-4-7(9)10-6-5-8(2)3;1-2/h4H,1,5-6H2,2-3H3;1H3. The van der Waals surface area contributed by atoms with Gasteiger partial charge in [-0.05, 0) is 14.1 Å². The molecule has 0 fully saturated rings. The van der Waals surface area contributed by atoms with E-state index >= 15 is 0 Å². The first-order valence-electron chi connectivity index (χ1n) is 3.51. The van der Waals surface area contributed by atoms with Crippen LogP contribution >= 0.6 is 0 Å². The maximum absolute atomic E-state index is 10.4. The molecule has 0 N–H and O–H groups in total. The fraction of sp³-hybridized carbons (Fsp3) is 0.625. The van der Waals surface area contributed by atoms with E-state index in [0.717, 1.165) is 19.7 Å². The highest BCUT2D eigenvalue weighted by Gasteiger charge is 1.94. The minimum Gasteiger partial charge on any atom is -0.461 e. The van der Waals surface area contributed by atoms with E-state index < -0.39 is 0 Å². The SMILES string of the molecule is C=CC(=O)OCCN(C)C.C[O]. The molecule has 0 unspecified atom stereocenters. The van der Waals surface area contributed by atoms with Crippen molar-refractivity contribution in [3.8, 4) is 0 Å². The van der Waals surface area contributed by atoms with Crippen LogP contribution in [0.5, 0.6) is 0 Å². The van der Waals surface area contributed by atoms with Crippen LogP contribution in [0.15, 0.2) is 12.7 Å². The molecular formula is C8H16NO3. The number of carbonyl (C=O) groups is 1. The molecule has 0 aliphatic carbocycles. The van der Waals surface area contributed by atoms with Crippen molar-refractivity contribution in [1.29, 1.82) is 0 Å². The lowest BCUT2D eigenvalue weighted by Gasteiger charge is -2.07. The molecule has 0 rings (SSSR count). The van der Waals surface area contributed by atoms with Crippen LogP contribution in [0, 0.1) is 0 Å². The van der Waals surface area contributed by atoms with Gasteiger partial charge < -0.3 is 9.64 Å². The number of carbonyl (C=O) groups excluding carboxylic acids is 1. The summed E-state index contributed by atoms with van der Waals surface area (Å²) in [4.78, 5) is 12.4. The van der Waals surface area contributed by atoms with E-state index in [1.165, 1.54) is 0 Å². The summed E-state index contributed by atoms with van der Waals surface area (Å²) in [6.07, 6.45) is 1.16. The van der Waals surface area contributed by atoms with Crippen molar-refractivity contribution in [2.75, 3.05) is 34.4 Å². The molecule has 4 heteroatoms. The predicted octanol–water partition coefficient (Wildman–Crippen LogP) is 0.324. The van der Waals surface area contributed by atoms with Gasteiger partial charge in [-0.25, -0.2) is 9.90 Å². The van der Waals surface area contributed by atoms with Gasteiger partial charge in [0.1, 0.15) is 6.61 Å². The maximum Gasteiger partial charge on any atom is 0.330 e. The van der Waals surface area contributed by atoms with Crippen LogP contribution in [0.25, 0.3) is 0 Å². The van der Waals surface area contributed by atoms with Gasteiger partial charge >= 0.3 is 5.97 Å². The summed E-state index contributed by atoms with van der Waals surface area (Å²) >= 11 is 0. The molecular weight excluding hydrogens is 158 g/mol. The summed E-state index contributed by atoms with van der Waals surface area (Å²) in [5, 5.41) is 8.25. The molecule has 0 bridgehead atoms. The number of hydrogen-bond acceptors (Lipinski definition) is 3. The van der Waals surface area contributed by atoms with Gasteiger partial charge in [-0.1, -0.05) is 6.58 Å². The van der Waals surface area contributed by atoms with Gasteiger partial charge in [0.25, 0.3) is 0 Å². The lowest BCUT2D eigenvalue weighted by atomic mass is 10.6. The van der Waals surface area contributed by atoms with Crippen molar-refractivity contribution < 1.29 is 14.6 Å². The third-order valence-corrected chi connectivity index (χ3v) is 0.949. The summed E-state index contributed by atoms with van der Waals surface area (Å²) in [5.41, 5.74) is 0. The number of nitrogens with zero attached hydrogens (tertiary/aromatic N) is 1. The number of ether oxygens (including phenoxy) is 1. The normalized spacial score (nSPS) is 8.42. The fourth-order valence-electron chi connectivity index (χ4n) is 0.388. The molecule has 4 nitrogen and oxygen atoms in total. The Balaban J connectivity index is 0. The molecule has 0 aromatic carbocycles. The van der Waals surface area contributed by atoms with Crippen molar-refractivity contribution in [2.24, 2.45) is 0 Å². The maximum atomic E-state index is 10.4. The van der Waals surface area contributed by atoms with Crippen LogP contribution in [0.3, 0.4) is 0 Å². The number of hydrogen-bond donors (Lipinski definition) is 0. The smallest absolute Gasteiger partial charge is 0.330 e. The number of rotatable bonds is 4. The van der Waals surface area contributed by atoms with Crippen LogP contribution in [0.2, 0.25) is 0 Å². The van der Waals surface area contributed by atoms with Crippen LogP contribution < -0.4 is 0 Å². The lowest BCUT2D eigenvalue weighted by molar-refractivity contribution is -0.137. The van der Waals surface area contributed by atoms with E-state index in [-0.39, 0.29) is 5.97 Å². The van der Waals surface area contributed by atoms with E-state index in [0.29, 0.717) is 6.61 Å². The fourth-order valence-corrected chi connectivity index (χ4v) is 0.388. The Hall–Kier alpha value is -0.870. The molecule has 0 spiro atoms. The van der Waals surface area contributed by atoms with Gasteiger partial charge in [0, 0.05) is 12.6 Å². The predicted molar refractivity (Wildman–Crippen MR) is 46.3 cm³/mol. The Bertz CT molecular complexity index is 123. The second-order valence-corrected chi connectivity index (χ2v) is 2.17. The minimum atomic E-state index is -0.359. The molecule has 0 heterocycles. The first-order chi connectivity index (χ1) is 5.66. The molecule has 0 amide bonds. The van der Waals surface area contributed by atoms with Gasteiger partial charge in [-0.15, -0.1) is 0 Å². The highest BCUT2D eigenvalue weighted by Crippen LogP contribution is 1.80. The molecule has 0 aromatic heterocycles. The Morgan fingerprint density at radius 2 is 2.00 bits per heavy atom. The molecule has 0 atom stereocenters. The summed E-state index contributed by atoms with van der Waals surface area (Å²) in [7, 11) is 4.59. The van der Waals surface area contributed by atoms with Gasteiger partial charge in [0.15, 0.2) is 0 Å². The van der Waals surface area contributed by atoms with Crippen LogP contribution in [-0.4, -0.2) is 45.2 Å². The minimum absolute atomic E-state index is 0.359. The molecule has 0 aliphatic rings. The second kappa shape index (κ2) is 10.1. The quantitative estimate of drug-likeness (QED) is 0.455. The highest BCUT2D eigenvalue weighted by atomic mass is 16.5. The molecule has 0 aliphatic heterocycles. The molecule has 1 radical (unpaired) electrons. The number of esters is 1. The third kappa shape index (κ3) is 11.9. The summed E-state index contributed by atoms with van der Waals surface area (Å²) in [6.45, 7) is 4.45. The van der Waals surface area contributed by atoms with Crippen molar-refractivity contribution in [3.05, 3.63) is 12.7 Å². The molecule has 0 aromatic rings. The zero-order chi connectivity index (χ0) is 9.98. The zero-order valence-electron chi connectivity index (χ0n) is 7.87. The summed E-state index contributed by atoms with van der Waals surface area (Å²) in [5.74, 6) is -0.359. The van der Waals surface area contributed by atoms with Crippen LogP contribution in [-0.2, 0) is 14.6 Å². The average molecular weight is 174 g/mol. The Morgan fingerprint density at radius 1 is 1.50 bits per heavy atom. The van der Waals surface area contributed by atoms with Gasteiger partial charge in [-0.3, -0.25) is 0 Å². The summed E-state index contributed by atoms with van der Waals surface area (Å²) in [6, 6.07) is 0. The third-order valence-electron chi connectivity index (χ3n) is 0.949. The zero-order valence-corrected chi connectivity index (χ0v) is 7.87. The monoisotopic (exact) mass is 174 g/mol. The number of likely N-dealkylation sites (N-methyl/N-ethyl adjacent to an activating group) is 1. The van der Waals surface area contributed by atoms with E-state index in [1.54, 1.807) is 0 Å².